The van der Waals surface area contributed by atoms with E-state index in [4.69, 9.17) is 14.2 Å². The zero-order valence-corrected chi connectivity index (χ0v) is 17.3. The second-order valence-electron chi connectivity index (χ2n) is 6.71. The molecule has 3 rings (SSSR count). The van der Waals surface area contributed by atoms with E-state index in [1.54, 1.807) is 18.2 Å². The number of methoxy groups -OCH3 is 1. The summed E-state index contributed by atoms with van der Waals surface area (Å²) in [6.45, 7) is 3.01. The van der Waals surface area contributed by atoms with E-state index >= 15 is 0 Å². The van der Waals surface area contributed by atoms with Crippen molar-refractivity contribution in [1.29, 1.82) is 0 Å². The molecular formula is C22H24O6S. The maximum absolute atomic E-state index is 12.5. The van der Waals surface area contributed by atoms with Gasteiger partial charge < -0.3 is 14.2 Å². The first kappa shape index (κ1) is 20.9. The highest BCUT2D eigenvalue weighted by atomic mass is 32.2. The maximum atomic E-state index is 12.5. The third kappa shape index (κ3) is 5.17. The van der Waals surface area contributed by atoms with E-state index in [-0.39, 0.29) is 17.1 Å². The molecule has 0 spiro atoms. The lowest BCUT2D eigenvalue weighted by atomic mass is 10.1. The summed E-state index contributed by atoms with van der Waals surface area (Å²) in [7, 11) is -2.20. The largest absolute Gasteiger partial charge is 0.494 e. The van der Waals surface area contributed by atoms with E-state index in [1.807, 2.05) is 31.2 Å². The van der Waals surface area contributed by atoms with Crippen molar-refractivity contribution >= 4 is 21.9 Å². The Bertz CT molecular complexity index is 1020. The molecule has 2 aromatic rings. The molecule has 1 heterocycles. The van der Waals surface area contributed by atoms with Gasteiger partial charge in [-0.3, -0.25) is 0 Å². The molecule has 0 amide bonds. The topological polar surface area (TPSA) is 78.9 Å². The average Bonchev–Trinajstić information content (AvgIpc) is 2.86. The monoisotopic (exact) mass is 416 g/mol. The first-order chi connectivity index (χ1) is 13.9. The van der Waals surface area contributed by atoms with Crippen molar-refractivity contribution in [3.05, 3.63) is 59.2 Å². The van der Waals surface area contributed by atoms with Gasteiger partial charge in [-0.2, -0.15) is 0 Å². The second-order valence-corrected chi connectivity index (χ2v) is 8.79. The van der Waals surface area contributed by atoms with E-state index in [0.29, 0.717) is 30.1 Å². The Morgan fingerprint density at radius 1 is 1.07 bits per heavy atom. The zero-order valence-electron chi connectivity index (χ0n) is 16.5. The highest BCUT2D eigenvalue weighted by Crippen LogP contribution is 2.30. The molecule has 1 aliphatic rings. The number of benzene rings is 2. The van der Waals surface area contributed by atoms with Crippen molar-refractivity contribution in [2.75, 3.05) is 19.5 Å². The van der Waals surface area contributed by atoms with Gasteiger partial charge in [-0.05, 0) is 60.4 Å². The van der Waals surface area contributed by atoms with Crippen LogP contribution in [0.1, 0.15) is 30.9 Å². The number of sulfone groups is 1. The van der Waals surface area contributed by atoms with E-state index < -0.39 is 15.8 Å². The first-order valence-corrected chi connectivity index (χ1v) is 11.1. The van der Waals surface area contributed by atoms with Crippen LogP contribution < -0.4 is 9.47 Å². The summed E-state index contributed by atoms with van der Waals surface area (Å²) >= 11 is 0. The van der Waals surface area contributed by atoms with E-state index in [9.17, 15) is 13.2 Å². The quantitative estimate of drug-likeness (QED) is 0.639. The molecule has 0 N–H and O–H groups in total. The van der Waals surface area contributed by atoms with Gasteiger partial charge in [0.2, 0.25) is 0 Å². The predicted molar refractivity (Wildman–Crippen MR) is 110 cm³/mol. The van der Waals surface area contributed by atoms with Crippen molar-refractivity contribution in [2.24, 2.45) is 0 Å². The Morgan fingerprint density at radius 3 is 2.62 bits per heavy atom. The molecule has 2 aromatic carbocycles. The van der Waals surface area contributed by atoms with Crippen molar-refractivity contribution in [3.8, 4) is 11.5 Å². The molecule has 0 bridgehead atoms. The molecule has 0 saturated carbocycles. The van der Waals surface area contributed by atoms with Crippen LogP contribution in [-0.2, 0) is 26.0 Å². The Morgan fingerprint density at radius 2 is 1.86 bits per heavy atom. The Labute approximate surface area is 171 Å². The molecule has 0 aromatic heterocycles. The van der Waals surface area contributed by atoms with Crippen LogP contribution in [0.2, 0.25) is 0 Å². The summed E-state index contributed by atoms with van der Waals surface area (Å²) in [6.07, 6.45) is 2.61. The van der Waals surface area contributed by atoms with Crippen LogP contribution in [-0.4, -0.2) is 33.9 Å². The minimum atomic E-state index is -3.48. The third-order valence-corrected chi connectivity index (χ3v) is 6.29. The van der Waals surface area contributed by atoms with Crippen molar-refractivity contribution < 1.29 is 27.4 Å². The molecule has 1 aliphatic heterocycles. The molecule has 0 aliphatic carbocycles. The summed E-state index contributed by atoms with van der Waals surface area (Å²) in [5.74, 6) is 0.641. The number of carbonyl (C=O) groups excluding carboxylic acids is 1. The van der Waals surface area contributed by atoms with Gasteiger partial charge in [-0.25, -0.2) is 13.2 Å². The first-order valence-electron chi connectivity index (χ1n) is 9.43. The number of hydrogen-bond donors (Lipinski definition) is 0. The molecule has 0 fully saturated rings. The lowest BCUT2D eigenvalue weighted by molar-refractivity contribution is -0.136. The molecule has 6 nitrogen and oxygen atoms in total. The third-order valence-electron chi connectivity index (χ3n) is 4.51. The molecule has 0 radical (unpaired) electrons. The van der Waals surface area contributed by atoms with Crippen LogP contribution in [0.15, 0.2) is 52.9 Å². The van der Waals surface area contributed by atoms with Gasteiger partial charge in [0.05, 0.1) is 24.4 Å². The normalized spacial score (nSPS) is 14.9. The van der Waals surface area contributed by atoms with Crippen molar-refractivity contribution in [2.45, 2.75) is 31.3 Å². The molecular weight excluding hydrogens is 392 g/mol. The SMILES string of the molecule is CCCOc1cccc(COc2ccc3c(c2)C=C(C(=O)OC)CCS3(=O)=O)c1. The predicted octanol–water partition coefficient (Wildman–Crippen LogP) is 3.79. The van der Waals surface area contributed by atoms with Crippen molar-refractivity contribution in [1.82, 2.24) is 0 Å². The molecule has 0 atom stereocenters. The molecule has 154 valence electrons. The summed E-state index contributed by atoms with van der Waals surface area (Å²) in [5, 5.41) is 0. The summed E-state index contributed by atoms with van der Waals surface area (Å²) < 4.78 is 41.3. The fourth-order valence-corrected chi connectivity index (χ4v) is 4.49. The maximum Gasteiger partial charge on any atom is 0.333 e. The summed E-state index contributed by atoms with van der Waals surface area (Å²) in [4.78, 5) is 12.1. The lowest BCUT2D eigenvalue weighted by Crippen LogP contribution is -2.10. The van der Waals surface area contributed by atoms with E-state index in [0.717, 1.165) is 17.7 Å². The van der Waals surface area contributed by atoms with E-state index in [2.05, 4.69) is 0 Å². The molecule has 29 heavy (non-hydrogen) atoms. The van der Waals surface area contributed by atoms with Gasteiger partial charge in [0.25, 0.3) is 0 Å². The van der Waals surface area contributed by atoms with Gasteiger partial charge in [-0.15, -0.1) is 0 Å². The second kappa shape index (κ2) is 9.13. The number of carbonyl (C=O) groups is 1. The fraction of sp³-hybridized carbons (Fsp3) is 0.318. The van der Waals surface area contributed by atoms with Crippen LogP contribution in [0, 0.1) is 0 Å². The number of esters is 1. The van der Waals surface area contributed by atoms with Crippen LogP contribution in [0.3, 0.4) is 0 Å². The fourth-order valence-electron chi connectivity index (χ4n) is 3.03. The van der Waals surface area contributed by atoms with Gasteiger partial charge >= 0.3 is 5.97 Å². The number of hydrogen-bond acceptors (Lipinski definition) is 6. The number of fused-ring (bicyclic) bond motifs is 1. The van der Waals surface area contributed by atoms with Gasteiger partial charge in [0.1, 0.15) is 18.1 Å². The Balaban J connectivity index is 1.82. The lowest BCUT2D eigenvalue weighted by Gasteiger charge is -2.11. The van der Waals surface area contributed by atoms with Gasteiger partial charge in [0.15, 0.2) is 9.84 Å². The highest BCUT2D eigenvalue weighted by Gasteiger charge is 2.25. The smallest absolute Gasteiger partial charge is 0.333 e. The zero-order chi connectivity index (χ0) is 20.9. The summed E-state index contributed by atoms with van der Waals surface area (Å²) in [5.41, 5.74) is 1.69. The minimum Gasteiger partial charge on any atom is -0.494 e. The van der Waals surface area contributed by atoms with Crippen LogP contribution in [0.4, 0.5) is 0 Å². The van der Waals surface area contributed by atoms with Gasteiger partial charge in [-0.1, -0.05) is 19.1 Å². The number of ether oxygens (including phenoxy) is 3. The summed E-state index contributed by atoms with van der Waals surface area (Å²) in [6, 6.07) is 12.4. The minimum absolute atomic E-state index is 0.116. The molecule has 7 heteroatoms. The standard InChI is InChI=1S/C22H24O6S/c1-3-10-27-19-6-4-5-16(12-19)15-28-20-7-8-21-18(14-20)13-17(22(23)26-2)9-11-29(21,24)25/h4-8,12-14H,3,9-11,15H2,1-2H3. The number of rotatable bonds is 7. The van der Waals surface area contributed by atoms with E-state index in [1.165, 1.54) is 13.2 Å². The molecule has 0 unspecified atom stereocenters. The molecule has 0 saturated heterocycles. The Hall–Kier alpha value is -2.80. The Kier molecular flexibility index (Phi) is 6.59. The van der Waals surface area contributed by atoms with Gasteiger partial charge in [0, 0.05) is 5.57 Å². The highest BCUT2D eigenvalue weighted by molar-refractivity contribution is 7.91. The van der Waals surface area contributed by atoms with Crippen LogP contribution in [0.5, 0.6) is 11.5 Å². The average molecular weight is 416 g/mol. The van der Waals surface area contributed by atoms with Crippen molar-refractivity contribution in [3.63, 3.8) is 0 Å². The van der Waals surface area contributed by atoms with Crippen LogP contribution >= 0.6 is 0 Å². The van der Waals surface area contributed by atoms with Crippen LogP contribution in [0.25, 0.3) is 6.08 Å².